The molecule has 0 saturated heterocycles. The van der Waals surface area contributed by atoms with Gasteiger partial charge in [0.05, 0.1) is 0 Å². The molecule has 0 saturated carbocycles. The average Bonchev–Trinajstić information content (AvgIpc) is 2.71. The van der Waals surface area contributed by atoms with Gasteiger partial charge in [-0.3, -0.25) is 4.55 Å². The summed E-state index contributed by atoms with van der Waals surface area (Å²) in [5, 5.41) is 10.1. The molecule has 0 amide bonds. The minimum absolute atomic E-state index is 0.0515. The van der Waals surface area contributed by atoms with Crippen LogP contribution in [0.4, 0.5) is 0 Å². The van der Waals surface area contributed by atoms with E-state index in [1.807, 2.05) is 0 Å². The van der Waals surface area contributed by atoms with Crippen LogP contribution in [0.3, 0.4) is 0 Å². The van der Waals surface area contributed by atoms with Gasteiger partial charge in [-0.15, -0.1) is 0 Å². The molecule has 2 N–H and O–H groups in total. The van der Waals surface area contributed by atoms with Crippen LogP contribution in [-0.4, -0.2) is 18.1 Å². The average molecular weight is 435 g/mol. The van der Waals surface area contributed by atoms with Crippen LogP contribution in [0.25, 0.3) is 0 Å². The Morgan fingerprint density at radius 2 is 1.43 bits per heavy atom. The van der Waals surface area contributed by atoms with Crippen LogP contribution >= 0.6 is 0 Å². The number of para-hydroxylation sites is 1. The predicted molar refractivity (Wildman–Crippen MR) is 120 cm³/mol. The van der Waals surface area contributed by atoms with E-state index < -0.39 is 10.1 Å². The number of aromatic hydroxyl groups is 1. The van der Waals surface area contributed by atoms with Gasteiger partial charge >= 0.3 is 0 Å². The summed E-state index contributed by atoms with van der Waals surface area (Å²) >= 11 is 0. The summed E-state index contributed by atoms with van der Waals surface area (Å²) in [6, 6.07) is 10.8. The van der Waals surface area contributed by atoms with Gasteiger partial charge in [0.2, 0.25) is 0 Å². The molecule has 2 rings (SSSR count). The first-order valence-electron chi connectivity index (χ1n) is 11.0. The maximum Gasteiger partial charge on any atom is 0.298 e. The van der Waals surface area contributed by atoms with E-state index in [0.717, 1.165) is 24.8 Å². The Morgan fingerprint density at radius 1 is 0.833 bits per heavy atom. The summed E-state index contributed by atoms with van der Waals surface area (Å²) in [4.78, 5) is -0.283. The first-order chi connectivity index (χ1) is 14.4. The molecule has 30 heavy (non-hydrogen) atoms. The maximum absolute atomic E-state index is 11.5. The Hall–Kier alpha value is -2.05. The highest BCUT2D eigenvalue weighted by Gasteiger charge is 2.16. The molecule has 0 fully saturated rings. The SMILES string of the molecule is CCCCCCCCCCCCc1cc(Oc2ccccc2S(=O)(=O)O)ccc1O. The summed E-state index contributed by atoms with van der Waals surface area (Å²) < 4.78 is 38.1. The van der Waals surface area contributed by atoms with Gasteiger partial charge in [-0.2, -0.15) is 8.42 Å². The smallest absolute Gasteiger partial charge is 0.298 e. The van der Waals surface area contributed by atoms with E-state index in [2.05, 4.69) is 6.92 Å². The minimum atomic E-state index is -4.38. The number of unbranched alkanes of at least 4 members (excludes halogenated alkanes) is 9. The number of aryl methyl sites for hydroxylation is 1. The highest BCUT2D eigenvalue weighted by Crippen LogP contribution is 2.31. The second kappa shape index (κ2) is 12.6. The standard InChI is InChI=1S/C24H34O5S/c1-2-3-4-5-6-7-8-9-10-11-14-20-19-21(17-18-22(20)25)29-23-15-12-13-16-24(23)30(26,27)28/h12-13,15-19,25H,2-11,14H2,1H3,(H,26,27,28). The molecule has 2 aromatic carbocycles. The molecule has 0 aliphatic rings. The molecule has 6 heteroatoms. The number of rotatable bonds is 14. The Labute approximate surface area is 180 Å². The van der Waals surface area contributed by atoms with Crippen molar-refractivity contribution < 1.29 is 22.8 Å². The van der Waals surface area contributed by atoms with Crippen molar-refractivity contribution >= 4 is 10.1 Å². The van der Waals surface area contributed by atoms with E-state index in [1.54, 1.807) is 24.3 Å². The predicted octanol–water partition coefficient (Wildman–Crippen LogP) is 6.89. The van der Waals surface area contributed by atoms with E-state index in [0.29, 0.717) is 5.75 Å². The summed E-state index contributed by atoms with van der Waals surface area (Å²) in [7, 11) is -4.38. The third-order valence-corrected chi connectivity index (χ3v) is 6.10. The number of phenolic OH excluding ortho intramolecular Hbond substituents is 1. The van der Waals surface area contributed by atoms with Gasteiger partial charge < -0.3 is 9.84 Å². The van der Waals surface area contributed by atoms with Gasteiger partial charge in [0.15, 0.2) is 0 Å². The molecule has 166 valence electrons. The zero-order chi connectivity index (χ0) is 21.8. The Balaban J connectivity index is 1.82. The molecule has 0 aliphatic carbocycles. The fourth-order valence-corrected chi connectivity index (χ4v) is 4.12. The molecule has 5 nitrogen and oxygen atoms in total. The highest BCUT2D eigenvalue weighted by molar-refractivity contribution is 7.86. The van der Waals surface area contributed by atoms with Gasteiger partial charge in [0.25, 0.3) is 10.1 Å². The van der Waals surface area contributed by atoms with E-state index in [4.69, 9.17) is 4.74 Å². The van der Waals surface area contributed by atoms with Crippen molar-refractivity contribution in [1.82, 2.24) is 0 Å². The first kappa shape index (κ1) is 24.2. The Kier molecular flexibility index (Phi) is 10.2. The monoisotopic (exact) mass is 434 g/mol. The molecule has 0 aliphatic heterocycles. The van der Waals surface area contributed by atoms with E-state index >= 15 is 0 Å². The fourth-order valence-electron chi connectivity index (χ4n) is 3.50. The highest BCUT2D eigenvalue weighted by atomic mass is 32.2. The topological polar surface area (TPSA) is 83.8 Å². The van der Waals surface area contributed by atoms with Crippen LogP contribution in [0.5, 0.6) is 17.2 Å². The lowest BCUT2D eigenvalue weighted by molar-refractivity contribution is 0.442. The molecule has 0 radical (unpaired) electrons. The van der Waals surface area contributed by atoms with Gasteiger partial charge in [0.1, 0.15) is 22.1 Å². The first-order valence-corrected chi connectivity index (χ1v) is 12.4. The molecule has 0 heterocycles. The van der Waals surface area contributed by atoms with E-state index in [-0.39, 0.29) is 16.4 Å². The number of hydrogen-bond acceptors (Lipinski definition) is 4. The molecule has 2 aromatic rings. The third kappa shape index (κ3) is 8.36. The van der Waals surface area contributed by atoms with Crippen molar-refractivity contribution in [2.45, 2.75) is 82.4 Å². The second-order valence-corrected chi connectivity index (χ2v) is 9.14. The van der Waals surface area contributed by atoms with Gasteiger partial charge in [-0.1, -0.05) is 76.8 Å². The molecular weight excluding hydrogens is 400 g/mol. The van der Waals surface area contributed by atoms with E-state index in [1.165, 1.54) is 69.6 Å². The zero-order valence-electron chi connectivity index (χ0n) is 17.8. The van der Waals surface area contributed by atoms with Crippen molar-refractivity contribution in [3.05, 3.63) is 48.0 Å². The van der Waals surface area contributed by atoms with E-state index in [9.17, 15) is 18.1 Å². The van der Waals surface area contributed by atoms with Crippen LogP contribution in [0.2, 0.25) is 0 Å². The van der Waals surface area contributed by atoms with Gasteiger partial charge in [0, 0.05) is 0 Å². The Morgan fingerprint density at radius 3 is 2.07 bits per heavy atom. The van der Waals surface area contributed by atoms with Crippen molar-refractivity contribution in [3.63, 3.8) is 0 Å². The summed E-state index contributed by atoms with van der Waals surface area (Å²) in [6.07, 6.45) is 13.2. The fraction of sp³-hybridized carbons (Fsp3) is 0.500. The van der Waals surface area contributed by atoms with Gasteiger partial charge in [-0.05, 0) is 48.7 Å². The van der Waals surface area contributed by atoms with Crippen LogP contribution in [0, 0.1) is 0 Å². The third-order valence-electron chi connectivity index (χ3n) is 5.21. The van der Waals surface area contributed by atoms with Gasteiger partial charge in [-0.25, -0.2) is 0 Å². The molecule has 0 atom stereocenters. The largest absolute Gasteiger partial charge is 0.508 e. The van der Waals surface area contributed by atoms with Crippen LogP contribution < -0.4 is 4.74 Å². The summed E-state index contributed by atoms with van der Waals surface area (Å²) in [5.41, 5.74) is 0.774. The minimum Gasteiger partial charge on any atom is -0.508 e. The lowest BCUT2D eigenvalue weighted by Crippen LogP contribution is -2.01. The van der Waals surface area contributed by atoms with Crippen molar-refractivity contribution in [1.29, 1.82) is 0 Å². The van der Waals surface area contributed by atoms with Crippen LogP contribution in [0.15, 0.2) is 47.4 Å². The maximum atomic E-state index is 11.5. The summed E-state index contributed by atoms with van der Waals surface area (Å²) in [5.74, 6) is 0.683. The summed E-state index contributed by atoms with van der Waals surface area (Å²) in [6.45, 7) is 2.23. The number of ether oxygens (including phenoxy) is 1. The molecule has 0 unspecified atom stereocenters. The van der Waals surface area contributed by atoms with Crippen molar-refractivity contribution in [2.24, 2.45) is 0 Å². The van der Waals surface area contributed by atoms with Crippen molar-refractivity contribution in [3.8, 4) is 17.2 Å². The lowest BCUT2D eigenvalue weighted by Gasteiger charge is -2.11. The second-order valence-electron chi connectivity index (χ2n) is 7.75. The number of phenols is 1. The van der Waals surface area contributed by atoms with Crippen LogP contribution in [0.1, 0.15) is 76.7 Å². The normalized spacial score (nSPS) is 11.5. The molecule has 0 spiro atoms. The number of benzene rings is 2. The van der Waals surface area contributed by atoms with Crippen molar-refractivity contribution in [2.75, 3.05) is 0 Å². The quantitative estimate of drug-likeness (QED) is 0.250. The zero-order valence-corrected chi connectivity index (χ0v) is 18.7. The van der Waals surface area contributed by atoms with Crippen LogP contribution in [-0.2, 0) is 16.5 Å². The molecule has 0 bridgehead atoms. The Bertz CT molecular complexity index is 877. The molecular formula is C24H34O5S. The number of hydrogen-bond donors (Lipinski definition) is 2. The lowest BCUT2D eigenvalue weighted by atomic mass is 10.0. The molecule has 0 aromatic heterocycles.